The van der Waals surface area contributed by atoms with Gasteiger partial charge in [0.1, 0.15) is 5.75 Å². The van der Waals surface area contributed by atoms with E-state index in [1.165, 1.54) is 0 Å². The fourth-order valence-electron chi connectivity index (χ4n) is 2.19. The molecule has 4 nitrogen and oxygen atoms in total. The standard InChI is InChI=1S/C14H19NO3/c1-14(2,3)10-8-12(15(16)17)11-6-4-5-7-18-13(11)9-10/h8-9H,4-7H2,1-3H3. The largest absolute Gasteiger partial charge is 0.493 e. The molecule has 0 aliphatic carbocycles. The van der Waals surface area contributed by atoms with Crippen molar-refractivity contribution in [3.05, 3.63) is 33.4 Å². The molecule has 0 atom stereocenters. The first kappa shape index (κ1) is 12.9. The summed E-state index contributed by atoms with van der Waals surface area (Å²) in [6, 6.07) is 3.67. The van der Waals surface area contributed by atoms with Gasteiger partial charge < -0.3 is 4.74 Å². The number of nitro benzene ring substituents is 1. The Labute approximate surface area is 107 Å². The average Bonchev–Trinajstić information content (AvgIpc) is 2.50. The van der Waals surface area contributed by atoms with Crippen LogP contribution in [0.1, 0.15) is 44.7 Å². The molecule has 1 aromatic rings. The molecule has 1 heterocycles. The molecule has 18 heavy (non-hydrogen) atoms. The van der Waals surface area contributed by atoms with E-state index >= 15 is 0 Å². The van der Waals surface area contributed by atoms with Crippen molar-refractivity contribution < 1.29 is 9.66 Å². The predicted octanol–water partition coefficient (Wildman–Crippen LogP) is 3.61. The van der Waals surface area contributed by atoms with Gasteiger partial charge in [0.05, 0.1) is 17.1 Å². The summed E-state index contributed by atoms with van der Waals surface area (Å²) in [6.45, 7) is 6.80. The summed E-state index contributed by atoms with van der Waals surface area (Å²) in [5.74, 6) is 0.701. The SMILES string of the molecule is CC(C)(C)c1cc2c(c([N+](=O)[O-])c1)CCCCO2. The van der Waals surface area contributed by atoms with Gasteiger partial charge in [-0.3, -0.25) is 10.1 Å². The molecular formula is C14H19NO3. The molecule has 2 rings (SSSR count). The molecule has 0 saturated carbocycles. The van der Waals surface area contributed by atoms with Gasteiger partial charge in [0.2, 0.25) is 0 Å². The van der Waals surface area contributed by atoms with Gasteiger partial charge in [-0.1, -0.05) is 20.8 Å². The normalized spacial score (nSPS) is 15.5. The van der Waals surface area contributed by atoms with Crippen molar-refractivity contribution in [2.45, 2.75) is 45.4 Å². The zero-order valence-corrected chi connectivity index (χ0v) is 11.2. The Kier molecular flexibility index (Phi) is 3.28. The van der Waals surface area contributed by atoms with Gasteiger partial charge in [-0.15, -0.1) is 0 Å². The minimum Gasteiger partial charge on any atom is -0.493 e. The lowest BCUT2D eigenvalue weighted by molar-refractivity contribution is -0.385. The molecule has 1 aliphatic heterocycles. The van der Waals surface area contributed by atoms with E-state index in [1.807, 2.05) is 6.07 Å². The van der Waals surface area contributed by atoms with Gasteiger partial charge in [0.25, 0.3) is 5.69 Å². The van der Waals surface area contributed by atoms with E-state index in [2.05, 4.69) is 20.8 Å². The Balaban J connectivity index is 2.60. The van der Waals surface area contributed by atoms with Crippen molar-refractivity contribution >= 4 is 5.69 Å². The smallest absolute Gasteiger partial charge is 0.276 e. The second-order valence-electron chi connectivity index (χ2n) is 5.78. The average molecular weight is 249 g/mol. The van der Waals surface area contributed by atoms with E-state index in [9.17, 15) is 10.1 Å². The number of nitro groups is 1. The highest BCUT2D eigenvalue weighted by molar-refractivity contribution is 5.54. The minimum atomic E-state index is -0.289. The lowest BCUT2D eigenvalue weighted by atomic mass is 9.85. The number of ether oxygens (including phenoxy) is 1. The third-order valence-corrected chi connectivity index (χ3v) is 3.33. The molecule has 0 spiro atoms. The Hall–Kier alpha value is -1.58. The highest BCUT2D eigenvalue weighted by atomic mass is 16.6. The molecule has 0 bridgehead atoms. The quantitative estimate of drug-likeness (QED) is 0.564. The Morgan fingerprint density at radius 1 is 1.28 bits per heavy atom. The van der Waals surface area contributed by atoms with Crippen LogP contribution >= 0.6 is 0 Å². The van der Waals surface area contributed by atoms with E-state index in [0.29, 0.717) is 12.4 Å². The van der Waals surface area contributed by atoms with Crippen molar-refractivity contribution in [2.75, 3.05) is 6.61 Å². The Bertz CT molecular complexity index is 475. The van der Waals surface area contributed by atoms with Crippen molar-refractivity contribution in [2.24, 2.45) is 0 Å². The first-order valence-corrected chi connectivity index (χ1v) is 6.34. The number of hydrogen-bond donors (Lipinski definition) is 0. The van der Waals surface area contributed by atoms with Crippen molar-refractivity contribution in [3.8, 4) is 5.75 Å². The second-order valence-corrected chi connectivity index (χ2v) is 5.78. The highest BCUT2D eigenvalue weighted by Gasteiger charge is 2.25. The summed E-state index contributed by atoms with van der Waals surface area (Å²) in [6.07, 6.45) is 2.63. The van der Waals surface area contributed by atoms with Crippen LogP contribution in [-0.2, 0) is 11.8 Å². The van der Waals surface area contributed by atoms with Crippen molar-refractivity contribution in [3.63, 3.8) is 0 Å². The predicted molar refractivity (Wildman–Crippen MR) is 70.2 cm³/mol. The van der Waals surface area contributed by atoms with E-state index in [0.717, 1.165) is 30.4 Å². The monoisotopic (exact) mass is 249 g/mol. The van der Waals surface area contributed by atoms with Gasteiger partial charge in [0.15, 0.2) is 0 Å². The van der Waals surface area contributed by atoms with Crippen LogP contribution in [0, 0.1) is 10.1 Å². The molecule has 1 aliphatic rings. The fourth-order valence-corrected chi connectivity index (χ4v) is 2.19. The maximum atomic E-state index is 11.2. The summed E-state index contributed by atoms with van der Waals surface area (Å²) in [5.41, 5.74) is 1.80. The summed E-state index contributed by atoms with van der Waals surface area (Å²) >= 11 is 0. The van der Waals surface area contributed by atoms with Crippen LogP contribution in [0.5, 0.6) is 5.75 Å². The molecule has 0 aromatic heterocycles. The van der Waals surface area contributed by atoms with Crippen LogP contribution in [0.15, 0.2) is 12.1 Å². The number of benzene rings is 1. The van der Waals surface area contributed by atoms with Crippen LogP contribution in [0.3, 0.4) is 0 Å². The maximum Gasteiger partial charge on any atom is 0.276 e. The second kappa shape index (κ2) is 4.59. The zero-order valence-electron chi connectivity index (χ0n) is 11.2. The van der Waals surface area contributed by atoms with E-state index in [4.69, 9.17) is 4.74 Å². The van der Waals surface area contributed by atoms with Crippen LogP contribution < -0.4 is 4.74 Å². The lowest BCUT2D eigenvalue weighted by Crippen LogP contribution is -2.13. The summed E-state index contributed by atoms with van der Waals surface area (Å²) < 4.78 is 5.67. The van der Waals surface area contributed by atoms with E-state index in [-0.39, 0.29) is 16.0 Å². The fraction of sp³-hybridized carbons (Fsp3) is 0.571. The summed E-state index contributed by atoms with van der Waals surface area (Å²) in [5, 5.41) is 11.2. The Morgan fingerprint density at radius 3 is 2.61 bits per heavy atom. The van der Waals surface area contributed by atoms with E-state index in [1.54, 1.807) is 6.07 Å². The van der Waals surface area contributed by atoms with Gasteiger partial charge in [-0.05, 0) is 36.3 Å². The van der Waals surface area contributed by atoms with Gasteiger partial charge in [0, 0.05) is 6.07 Å². The highest BCUT2D eigenvalue weighted by Crippen LogP contribution is 2.37. The topological polar surface area (TPSA) is 52.4 Å². The minimum absolute atomic E-state index is 0.116. The molecule has 0 fully saturated rings. The maximum absolute atomic E-state index is 11.2. The Morgan fingerprint density at radius 2 is 2.00 bits per heavy atom. The van der Waals surface area contributed by atoms with Crippen LogP contribution in [0.25, 0.3) is 0 Å². The molecule has 4 heteroatoms. The summed E-state index contributed by atoms with van der Waals surface area (Å²) in [7, 11) is 0. The lowest BCUT2D eigenvalue weighted by Gasteiger charge is -2.20. The molecular weight excluding hydrogens is 230 g/mol. The third kappa shape index (κ3) is 2.47. The van der Waals surface area contributed by atoms with Crippen molar-refractivity contribution in [1.82, 2.24) is 0 Å². The molecule has 0 unspecified atom stereocenters. The zero-order chi connectivity index (χ0) is 13.3. The number of fused-ring (bicyclic) bond motifs is 1. The van der Waals surface area contributed by atoms with Crippen LogP contribution in [0.2, 0.25) is 0 Å². The molecule has 0 N–H and O–H groups in total. The first-order chi connectivity index (χ1) is 8.39. The van der Waals surface area contributed by atoms with Crippen LogP contribution in [-0.4, -0.2) is 11.5 Å². The first-order valence-electron chi connectivity index (χ1n) is 6.34. The molecule has 0 radical (unpaired) electrons. The van der Waals surface area contributed by atoms with Gasteiger partial charge >= 0.3 is 0 Å². The molecule has 1 aromatic carbocycles. The number of rotatable bonds is 1. The van der Waals surface area contributed by atoms with Gasteiger partial charge in [-0.2, -0.15) is 0 Å². The number of nitrogens with zero attached hydrogens (tertiary/aromatic N) is 1. The van der Waals surface area contributed by atoms with Crippen molar-refractivity contribution in [1.29, 1.82) is 0 Å². The van der Waals surface area contributed by atoms with Crippen LogP contribution in [0.4, 0.5) is 5.69 Å². The molecule has 0 amide bonds. The molecule has 0 saturated heterocycles. The van der Waals surface area contributed by atoms with Gasteiger partial charge in [-0.25, -0.2) is 0 Å². The third-order valence-electron chi connectivity index (χ3n) is 3.33. The molecule has 98 valence electrons. The van der Waals surface area contributed by atoms with E-state index < -0.39 is 0 Å². The summed E-state index contributed by atoms with van der Waals surface area (Å²) in [4.78, 5) is 10.9. The number of hydrogen-bond acceptors (Lipinski definition) is 3.